The van der Waals surface area contributed by atoms with Gasteiger partial charge in [0.15, 0.2) is 0 Å². The van der Waals surface area contributed by atoms with Gasteiger partial charge >= 0.3 is 0 Å². The molecule has 0 aliphatic heterocycles. The Morgan fingerprint density at radius 1 is 1.04 bits per heavy atom. The normalized spacial score (nSPS) is 11.7. The van der Waals surface area contributed by atoms with Crippen LogP contribution in [0.4, 0.5) is 0 Å². The number of rotatable bonds is 6. The smallest absolute Gasteiger partial charge is 0.242 e. The van der Waals surface area contributed by atoms with Crippen LogP contribution >= 0.6 is 15.9 Å². The first-order chi connectivity index (χ1) is 12.3. The first-order valence-corrected chi connectivity index (χ1v) is 9.42. The molecule has 4 nitrogen and oxygen atoms in total. The highest BCUT2D eigenvalue weighted by atomic mass is 79.9. The van der Waals surface area contributed by atoms with Crippen LogP contribution in [0, 0.1) is 13.8 Å². The minimum absolute atomic E-state index is 0.0627. The van der Waals surface area contributed by atoms with Crippen molar-refractivity contribution in [3.05, 3.63) is 69.2 Å². The van der Waals surface area contributed by atoms with Crippen molar-refractivity contribution in [2.24, 2.45) is 0 Å². The molecule has 0 aliphatic carbocycles. The van der Waals surface area contributed by atoms with E-state index >= 15 is 0 Å². The third kappa shape index (κ3) is 5.18. The lowest BCUT2D eigenvalue weighted by Crippen LogP contribution is -2.47. The number of hydrogen-bond acceptors (Lipinski definition) is 2. The van der Waals surface area contributed by atoms with Crippen molar-refractivity contribution in [3.63, 3.8) is 0 Å². The van der Waals surface area contributed by atoms with Crippen molar-refractivity contribution >= 4 is 27.7 Å². The van der Waals surface area contributed by atoms with E-state index in [0.29, 0.717) is 6.54 Å². The maximum atomic E-state index is 13.0. The fourth-order valence-corrected chi connectivity index (χ4v) is 3.03. The zero-order valence-electron chi connectivity index (χ0n) is 15.7. The third-order valence-corrected chi connectivity index (χ3v) is 5.14. The summed E-state index contributed by atoms with van der Waals surface area (Å²) in [6.07, 6.45) is 0.277. The van der Waals surface area contributed by atoms with Crippen LogP contribution in [-0.2, 0) is 22.6 Å². The summed E-state index contributed by atoms with van der Waals surface area (Å²) in [6, 6.07) is 13.3. The molecule has 2 amide bonds. The van der Waals surface area contributed by atoms with Crippen LogP contribution in [0.15, 0.2) is 46.9 Å². The lowest BCUT2D eigenvalue weighted by molar-refractivity contribution is -0.139. The van der Waals surface area contributed by atoms with Gasteiger partial charge in [0, 0.05) is 18.1 Å². The van der Waals surface area contributed by atoms with Crippen LogP contribution in [0.1, 0.15) is 29.2 Å². The summed E-state index contributed by atoms with van der Waals surface area (Å²) in [4.78, 5) is 26.8. The maximum Gasteiger partial charge on any atom is 0.242 e. The summed E-state index contributed by atoms with van der Waals surface area (Å²) >= 11 is 3.42. The van der Waals surface area contributed by atoms with Crippen LogP contribution in [0.3, 0.4) is 0 Å². The van der Waals surface area contributed by atoms with E-state index in [1.165, 1.54) is 5.56 Å². The van der Waals surface area contributed by atoms with Gasteiger partial charge in [-0.15, -0.1) is 0 Å². The second-order valence-corrected chi connectivity index (χ2v) is 7.45. The minimum Gasteiger partial charge on any atom is -0.357 e. The lowest BCUT2D eigenvalue weighted by Gasteiger charge is -2.28. The third-order valence-electron chi connectivity index (χ3n) is 4.61. The number of carbonyl (C=O) groups excluding carboxylic acids is 2. The van der Waals surface area contributed by atoms with Gasteiger partial charge in [-0.3, -0.25) is 9.59 Å². The molecule has 0 heterocycles. The fraction of sp³-hybridized carbons (Fsp3) is 0.333. The standard InChI is InChI=1S/C21H25BrN2O2/c1-14-5-6-18(11-15(14)2)12-20(25)24(16(3)21(26)23-4)13-17-7-9-19(22)10-8-17/h5-11,16H,12-13H2,1-4H3,(H,23,26)/t16-/m0/s1. The molecule has 0 unspecified atom stereocenters. The molecule has 0 bridgehead atoms. The number of amides is 2. The van der Waals surface area contributed by atoms with E-state index in [0.717, 1.165) is 21.2 Å². The summed E-state index contributed by atoms with van der Waals surface area (Å²) in [5.41, 5.74) is 4.31. The van der Waals surface area contributed by atoms with E-state index in [-0.39, 0.29) is 18.2 Å². The van der Waals surface area contributed by atoms with Crippen molar-refractivity contribution in [2.45, 2.75) is 39.8 Å². The molecular weight excluding hydrogens is 392 g/mol. The molecule has 1 N–H and O–H groups in total. The van der Waals surface area contributed by atoms with Crippen LogP contribution in [-0.4, -0.2) is 29.8 Å². The Labute approximate surface area is 163 Å². The Balaban J connectivity index is 2.23. The van der Waals surface area contributed by atoms with E-state index in [2.05, 4.69) is 28.2 Å². The van der Waals surface area contributed by atoms with E-state index in [1.807, 2.05) is 49.4 Å². The Hall–Kier alpha value is -2.14. The Morgan fingerprint density at radius 3 is 2.23 bits per heavy atom. The van der Waals surface area contributed by atoms with Gasteiger partial charge in [-0.2, -0.15) is 0 Å². The maximum absolute atomic E-state index is 13.0. The highest BCUT2D eigenvalue weighted by molar-refractivity contribution is 9.10. The van der Waals surface area contributed by atoms with Crippen molar-refractivity contribution < 1.29 is 9.59 Å². The number of aryl methyl sites for hydroxylation is 2. The van der Waals surface area contributed by atoms with E-state index < -0.39 is 6.04 Å². The highest BCUT2D eigenvalue weighted by Gasteiger charge is 2.25. The van der Waals surface area contributed by atoms with Crippen LogP contribution in [0.5, 0.6) is 0 Å². The Morgan fingerprint density at radius 2 is 1.65 bits per heavy atom. The molecule has 26 heavy (non-hydrogen) atoms. The van der Waals surface area contributed by atoms with Gasteiger partial charge < -0.3 is 10.2 Å². The van der Waals surface area contributed by atoms with Gasteiger partial charge in [-0.05, 0) is 55.2 Å². The minimum atomic E-state index is -0.539. The molecule has 0 saturated carbocycles. The van der Waals surface area contributed by atoms with E-state index in [1.54, 1.807) is 18.9 Å². The second kappa shape index (κ2) is 8.99. The molecule has 0 aliphatic rings. The first kappa shape index (κ1) is 20.2. The number of nitrogens with one attached hydrogen (secondary N) is 1. The van der Waals surface area contributed by atoms with Gasteiger partial charge in [-0.1, -0.05) is 46.3 Å². The fourth-order valence-electron chi connectivity index (χ4n) is 2.77. The van der Waals surface area contributed by atoms with Crippen molar-refractivity contribution in [2.75, 3.05) is 7.05 Å². The molecule has 2 aromatic carbocycles. The summed E-state index contributed by atoms with van der Waals surface area (Å²) in [6.45, 7) is 6.24. The second-order valence-electron chi connectivity index (χ2n) is 6.53. The van der Waals surface area contributed by atoms with Gasteiger partial charge in [-0.25, -0.2) is 0 Å². The quantitative estimate of drug-likeness (QED) is 0.778. The Kier molecular flexibility index (Phi) is 6.98. The Bertz CT molecular complexity index is 787. The molecule has 0 spiro atoms. The first-order valence-electron chi connectivity index (χ1n) is 8.63. The van der Waals surface area contributed by atoms with Gasteiger partial charge in [0.05, 0.1) is 6.42 Å². The zero-order valence-corrected chi connectivity index (χ0v) is 17.3. The number of halogens is 1. The summed E-state index contributed by atoms with van der Waals surface area (Å²) in [5.74, 6) is -0.233. The lowest BCUT2D eigenvalue weighted by atomic mass is 10.0. The number of benzene rings is 2. The van der Waals surface area contributed by atoms with Crippen molar-refractivity contribution in [3.8, 4) is 0 Å². The predicted octanol–water partition coefficient (Wildman–Crippen LogP) is 3.77. The average Bonchev–Trinajstić information content (AvgIpc) is 2.63. The van der Waals surface area contributed by atoms with Crippen LogP contribution < -0.4 is 5.32 Å². The predicted molar refractivity (Wildman–Crippen MR) is 108 cm³/mol. The molecule has 0 saturated heterocycles. The van der Waals surface area contributed by atoms with Gasteiger partial charge in [0.2, 0.25) is 11.8 Å². The van der Waals surface area contributed by atoms with E-state index in [4.69, 9.17) is 0 Å². The molecule has 0 radical (unpaired) electrons. The summed E-state index contributed by atoms with van der Waals surface area (Å²) in [7, 11) is 1.59. The number of carbonyl (C=O) groups is 2. The van der Waals surface area contributed by atoms with Crippen molar-refractivity contribution in [1.29, 1.82) is 0 Å². The van der Waals surface area contributed by atoms with Gasteiger partial charge in [0.1, 0.15) is 6.04 Å². The molecule has 0 fully saturated rings. The zero-order chi connectivity index (χ0) is 19.3. The monoisotopic (exact) mass is 416 g/mol. The molecule has 2 rings (SSSR count). The topological polar surface area (TPSA) is 49.4 Å². The molecule has 138 valence electrons. The summed E-state index contributed by atoms with van der Waals surface area (Å²) < 4.78 is 0.980. The molecule has 0 aromatic heterocycles. The molecule has 2 aromatic rings. The largest absolute Gasteiger partial charge is 0.357 e. The van der Waals surface area contributed by atoms with Crippen LogP contribution in [0.2, 0.25) is 0 Å². The molecule has 1 atom stereocenters. The van der Waals surface area contributed by atoms with Crippen LogP contribution in [0.25, 0.3) is 0 Å². The highest BCUT2D eigenvalue weighted by Crippen LogP contribution is 2.16. The van der Waals surface area contributed by atoms with Gasteiger partial charge in [0.25, 0.3) is 0 Å². The van der Waals surface area contributed by atoms with E-state index in [9.17, 15) is 9.59 Å². The summed E-state index contributed by atoms with van der Waals surface area (Å²) in [5, 5.41) is 2.64. The molecular formula is C21H25BrN2O2. The SMILES string of the molecule is CNC(=O)[C@H](C)N(Cc1ccc(Br)cc1)C(=O)Cc1ccc(C)c(C)c1. The molecule has 5 heteroatoms. The number of hydrogen-bond donors (Lipinski definition) is 1. The number of nitrogens with zero attached hydrogens (tertiary/aromatic N) is 1. The average molecular weight is 417 g/mol. The van der Waals surface area contributed by atoms with Crippen molar-refractivity contribution in [1.82, 2.24) is 10.2 Å². The number of likely N-dealkylation sites (N-methyl/N-ethyl adjacent to an activating group) is 1.